The van der Waals surface area contributed by atoms with E-state index in [1.54, 1.807) is 24.3 Å². The molecule has 3 aliphatic rings. The van der Waals surface area contributed by atoms with Crippen LogP contribution in [0.2, 0.25) is 0 Å². The second-order valence-electron chi connectivity index (χ2n) is 10.5. The molecule has 6 rings (SSSR count). The highest BCUT2D eigenvalue weighted by atomic mass is 16.2. The Balaban J connectivity index is 1.57. The van der Waals surface area contributed by atoms with Crippen LogP contribution in [0.5, 0.6) is 0 Å². The number of imide groups is 1. The zero-order valence-corrected chi connectivity index (χ0v) is 22.0. The van der Waals surface area contributed by atoms with Gasteiger partial charge in [0.1, 0.15) is 0 Å². The zero-order valence-electron chi connectivity index (χ0n) is 22.0. The second-order valence-corrected chi connectivity index (χ2v) is 10.5. The lowest BCUT2D eigenvalue weighted by molar-refractivity contribution is -0.121. The molecule has 2 heterocycles. The molecule has 3 amide bonds. The van der Waals surface area contributed by atoms with Crippen LogP contribution in [0.15, 0.2) is 60.7 Å². The normalized spacial score (nSPS) is 18.6. The van der Waals surface area contributed by atoms with E-state index in [1.807, 2.05) is 30.3 Å². The molecule has 194 valence electrons. The molecule has 1 aliphatic carbocycles. The minimum atomic E-state index is -0.417. The summed E-state index contributed by atoms with van der Waals surface area (Å²) in [6.45, 7) is 6.88. The van der Waals surface area contributed by atoms with Gasteiger partial charge in [-0.1, -0.05) is 56.7 Å². The van der Waals surface area contributed by atoms with E-state index < -0.39 is 5.92 Å². The van der Waals surface area contributed by atoms with Gasteiger partial charge in [0.15, 0.2) is 0 Å². The third-order valence-corrected chi connectivity index (χ3v) is 8.16. The SMILES string of the molecule is CCCNC(=O)C1c2ccccc2-c2cc(N3C(=O)c4ccccc4C3=O)cc(C(CCC)N3CCC3)c21. The minimum absolute atomic E-state index is 0.00615. The van der Waals surface area contributed by atoms with Crippen LogP contribution in [0, 0.1) is 0 Å². The highest BCUT2D eigenvalue weighted by Gasteiger charge is 2.42. The number of nitrogens with one attached hydrogen (secondary N) is 1. The van der Waals surface area contributed by atoms with Gasteiger partial charge >= 0.3 is 0 Å². The molecule has 2 aliphatic heterocycles. The van der Waals surface area contributed by atoms with Gasteiger partial charge in [-0.05, 0) is 84.4 Å². The lowest BCUT2D eigenvalue weighted by atomic mass is 9.85. The fourth-order valence-electron chi connectivity index (χ4n) is 6.27. The topological polar surface area (TPSA) is 69.7 Å². The Morgan fingerprint density at radius 2 is 1.55 bits per heavy atom. The van der Waals surface area contributed by atoms with E-state index in [9.17, 15) is 14.4 Å². The van der Waals surface area contributed by atoms with Crippen LogP contribution in [-0.2, 0) is 4.79 Å². The van der Waals surface area contributed by atoms with E-state index in [4.69, 9.17) is 0 Å². The fraction of sp³-hybridized carbons (Fsp3) is 0.344. The maximum Gasteiger partial charge on any atom is 0.266 e. The molecular weight excluding hydrogens is 474 g/mol. The van der Waals surface area contributed by atoms with E-state index in [0.717, 1.165) is 66.6 Å². The first-order chi connectivity index (χ1) is 18.5. The van der Waals surface area contributed by atoms with Crippen LogP contribution in [-0.4, -0.2) is 42.3 Å². The van der Waals surface area contributed by atoms with Gasteiger partial charge in [0, 0.05) is 12.6 Å². The van der Waals surface area contributed by atoms with Crippen molar-refractivity contribution in [2.24, 2.45) is 0 Å². The van der Waals surface area contributed by atoms with Gasteiger partial charge in [-0.3, -0.25) is 19.3 Å². The van der Waals surface area contributed by atoms with Crippen molar-refractivity contribution in [3.8, 4) is 11.1 Å². The minimum Gasteiger partial charge on any atom is -0.355 e. The van der Waals surface area contributed by atoms with Crippen LogP contribution >= 0.6 is 0 Å². The third-order valence-electron chi connectivity index (χ3n) is 8.16. The lowest BCUT2D eigenvalue weighted by Gasteiger charge is -2.40. The lowest BCUT2D eigenvalue weighted by Crippen LogP contribution is -2.41. The number of nitrogens with zero attached hydrogens (tertiary/aromatic N) is 2. The second kappa shape index (κ2) is 9.84. The Kier molecular flexibility index (Phi) is 6.36. The Labute approximate surface area is 223 Å². The molecule has 0 spiro atoms. The van der Waals surface area contributed by atoms with Gasteiger partial charge in [-0.2, -0.15) is 0 Å². The first kappa shape index (κ1) is 24.6. The van der Waals surface area contributed by atoms with Gasteiger partial charge in [-0.15, -0.1) is 0 Å². The molecule has 0 bridgehead atoms. The van der Waals surface area contributed by atoms with Crippen LogP contribution in [0.3, 0.4) is 0 Å². The maximum absolute atomic E-state index is 13.7. The number of anilines is 1. The molecule has 0 radical (unpaired) electrons. The van der Waals surface area contributed by atoms with Crippen LogP contribution in [0.25, 0.3) is 11.1 Å². The molecule has 38 heavy (non-hydrogen) atoms. The van der Waals surface area contributed by atoms with Gasteiger partial charge in [0.25, 0.3) is 11.8 Å². The molecule has 1 N–H and O–H groups in total. The molecule has 2 unspecified atom stereocenters. The fourth-order valence-corrected chi connectivity index (χ4v) is 6.27. The molecule has 0 saturated carbocycles. The van der Waals surface area contributed by atoms with Crippen LogP contribution < -0.4 is 10.2 Å². The van der Waals surface area contributed by atoms with E-state index in [-0.39, 0.29) is 23.8 Å². The van der Waals surface area contributed by atoms with Crippen LogP contribution in [0.1, 0.15) is 88.9 Å². The summed E-state index contributed by atoms with van der Waals surface area (Å²) < 4.78 is 0. The Bertz CT molecular complexity index is 1410. The number of rotatable bonds is 8. The molecule has 6 nitrogen and oxygen atoms in total. The summed E-state index contributed by atoms with van der Waals surface area (Å²) in [4.78, 5) is 44.4. The maximum atomic E-state index is 13.7. The predicted octanol–water partition coefficient (Wildman–Crippen LogP) is 5.67. The quantitative estimate of drug-likeness (QED) is 0.399. The Hall–Kier alpha value is -3.77. The molecule has 0 aromatic heterocycles. The summed E-state index contributed by atoms with van der Waals surface area (Å²) in [6, 6.07) is 19.2. The van der Waals surface area contributed by atoms with Crippen molar-refractivity contribution in [2.75, 3.05) is 24.5 Å². The zero-order chi connectivity index (χ0) is 26.4. The van der Waals surface area contributed by atoms with Gasteiger partial charge < -0.3 is 5.32 Å². The molecule has 1 fully saturated rings. The highest BCUT2D eigenvalue weighted by Crippen LogP contribution is 2.51. The average molecular weight is 508 g/mol. The summed E-state index contributed by atoms with van der Waals surface area (Å²) in [7, 11) is 0. The largest absolute Gasteiger partial charge is 0.355 e. The number of amides is 3. The number of benzene rings is 3. The summed E-state index contributed by atoms with van der Waals surface area (Å²) >= 11 is 0. The van der Waals surface area contributed by atoms with E-state index >= 15 is 0 Å². The van der Waals surface area contributed by atoms with Crippen molar-refractivity contribution in [1.29, 1.82) is 0 Å². The summed E-state index contributed by atoms with van der Waals surface area (Å²) in [5.74, 6) is -1.00. The van der Waals surface area contributed by atoms with E-state index in [1.165, 1.54) is 4.90 Å². The molecule has 2 atom stereocenters. The molecule has 3 aromatic rings. The van der Waals surface area contributed by atoms with Gasteiger partial charge in [0.05, 0.1) is 22.7 Å². The van der Waals surface area contributed by atoms with Gasteiger partial charge in [0.2, 0.25) is 5.91 Å². The molecule has 3 aromatic carbocycles. The standard InChI is InChI=1S/C32H33N3O3/c1-3-10-27(34-16-9-17-34)26-19-20(35-31(37)23-13-7-8-14-24(23)32(35)38)18-25-21-11-5-6-12-22(21)29(28(25)26)30(36)33-15-4-2/h5-8,11-14,18-19,27,29H,3-4,9-10,15-17H2,1-2H3,(H,33,36). The Morgan fingerprint density at radius 1 is 0.895 bits per heavy atom. The number of fused-ring (bicyclic) bond motifs is 4. The van der Waals surface area contributed by atoms with Crippen LogP contribution in [0.4, 0.5) is 5.69 Å². The summed E-state index contributed by atoms with van der Waals surface area (Å²) in [6.07, 6.45) is 3.95. The van der Waals surface area contributed by atoms with E-state index in [0.29, 0.717) is 23.4 Å². The number of likely N-dealkylation sites (tertiary alicyclic amines) is 1. The number of carbonyl (C=O) groups excluding carboxylic acids is 3. The van der Waals surface area contributed by atoms with Crippen molar-refractivity contribution in [3.63, 3.8) is 0 Å². The first-order valence-corrected chi connectivity index (χ1v) is 13.8. The van der Waals surface area contributed by atoms with Crippen molar-refractivity contribution >= 4 is 23.4 Å². The van der Waals surface area contributed by atoms with Crippen molar-refractivity contribution in [3.05, 3.63) is 88.5 Å². The van der Waals surface area contributed by atoms with Crippen molar-refractivity contribution < 1.29 is 14.4 Å². The van der Waals surface area contributed by atoms with Crippen molar-refractivity contribution in [2.45, 2.75) is 51.5 Å². The first-order valence-electron chi connectivity index (χ1n) is 13.8. The summed E-state index contributed by atoms with van der Waals surface area (Å²) in [5.41, 5.74) is 6.45. The predicted molar refractivity (Wildman–Crippen MR) is 148 cm³/mol. The highest BCUT2D eigenvalue weighted by molar-refractivity contribution is 6.34. The monoisotopic (exact) mass is 507 g/mol. The molecule has 1 saturated heterocycles. The smallest absolute Gasteiger partial charge is 0.266 e. The summed E-state index contributed by atoms with van der Waals surface area (Å²) in [5, 5.41) is 3.14. The third kappa shape index (κ3) is 3.78. The number of hydrogen-bond acceptors (Lipinski definition) is 4. The molecule has 6 heteroatoms. The Morgan fingerprint density at radius 3 is 2.16 bits per heavy atom. The molecular formula is C32H33N3O3. The van der Waals surface area contributed by atoms with Gasteiger partial charge in [-0.25, -0.2) is 4.90 Å². The number of hydrogen-bond donors (Lipinski definition) is 1. The average Bonchev–Trinajstić information content (AvgIpc) is 3.37. The van der Waals surface area contributed by atoms with Crippen molar-refractivity contribution in [1.82, 2.24) is 10.2 Å². The number of carbonyl (C=O) groups is 3. The van der Waals surface area contributed by atoms with E-state index in [2.05, 4.69) is 30.1 Å².